The Morgan fingerprint density at radius 2 is 2.06 bits per heavy atom. The van der Waals surface area contributed by atoms with E-state index in [2.05, 4.69) is 5.32 Å². The minimum atomic E-state index is -1.09. The van der Waals surface area contributed by atoms with Crippen molar-refractivity contribution < 1.29 is 19.1 Å². The molecular formula is C11H13NO4. The van der Waals surface area contributed by atoms with Crippen molar-refractivity contribution in [2.45, 2.75) is 20.4 Å². The van der Waals surface area contributed by atoms with Crippen molar-refractivity contribution in [1.29, 1.82) is 0 Å². The number of carbonyl (C=O) groups is 2. The molecule has 0 saturated heterocycles. The lowest BCUT2D eigenvalue weighted by atomic mass is 10.1. The molecule has 5 nitrogen and oxygen atoms in total. The van der Waals surface area contributed by atoms with Crippen molar-refractivity contribution in [3.63, 3.8) is 0 Å². The van der Waals surface area contributed by atoms with Gasteiger partial charge in [0.1, 0.15) is 0 Å². The molecule has 0 aromatic carbocycles. The van der Waals surface area contributed by atoms with Gasteiger partial charge in [-0.2, -0.15) is 0 Å². The maximum Gasteiger partial charge on any atom is 0.331 e. The van der Waals surface area contributed by atoms with Gasteiger partial charge in [-0.3, -0.25) is 4.79 Å². The van der Waals surface area contributed by atoms with Crippen LogP contribution in [-0.4, -0.2) is 17.0 Å². The lowest BCUT2D eigenvalue weighted by Crippen LogP contribution is -2.24. The molecule has 2 N–H and O–H groups in total. The monoisotopic (exact) mass is 223 g/mol. The first-order valence-electron chi connectivity index (χ1n) is 4.72. The van der Waals surface area contributed by atoms with E-state index in [-0.39, 0.29) is 17.1 Å². The van der Waals surface area contributed by atoms with Gasteiger partial charge in [0.25, 0.3) is 0 Å². The van der Waals surface area contributed by atoms with Crippen molar-refractivity contribution >= 4 is 11.9 Å². The van der Waals surface area contributed by atoms with E-state index >= 15 is 0 Å². The molecule has 86 valence electrons. The van der Waals surface area contributed by atoms with Gasteiger partial charge in [-0.25, -0.2) is 4.79 Å². The van der Waals surface area contributed by atoms with Crippen LogP contribution in [0.1, 0.15) is 19.4 Å². The van der Waals surface area contributed by atoms with E-state index < -0.39 is 5.97 Å². The van der Waals surface area contributed by atoms with Gasteiger partial charge in [-0.05, 0) is 19.9 Å². The van der Waals surface area contributed by atoms with E-state index in [0.29, 0.717) is 6.54 Å². The van der Waals surface area contributed by atoms with Gasteiger partial charge in [0.2, 0.25) is 5.91 Å². The van der Waals surface area contributed by atoms with Gasteiger partial charge >= 0.3 is 5.97 Å². The van der Waals surface area contributed by atoms with E-state index in [0.717, 1.165) is 5.56 Å². The summed E-state index contributed by atoms with van der Waals surface area (Å²) in [7, 11) is 0. The van der Waals surface area contributed by atoms with Crippen LogP contribution in [0.25, 0.3) is 0 Å². The molecule has 0 saturated carbocycles. The summed E-state index contributed by atoms with van der Waals surface area (Å²) in [6.45, 7) is 3.20. The van der Waals surface area contributed by atoms with Crippen molar-refractivity contribution in [2.75, 3.05) is 0 Å². The second-order valence-corrected chi connectivity index (χ2v) is 3.37. The molecule has 0 radical (unpaired) electrons. The molecule has 0 fully saturated rings. The van der Waals surface area contributed by atoms with Crippen LogP contribution >= 0.6 is 0 Å². The van der Waals surface area contributed by atoms with Gasteiger partial charge in [0.05, 0.1) is 12.5 Å². The molecule has 0 aliphatic carbocycles. The van der Waals surface area contributed by atoms with Gasteiger partial charge in [-0.15, -0.1) is 0 Å². The third-order valence-electron chi connectivity index (χ3n) is 2.26. The van der Waals surface area contributed by atoms with Gasteiger partial charge in [-0.1, -0.05) is 0 Å². The predicted molar refractivity (Wildman–Crippen MR) is 56.6 cm³/mol. The minimum Gasteiger partial charge on any atom is -0.478 e. The minimum absolute atomic E-state index is 0.0460. The zero-order chi connectivity index (χ0) is 12.1. The van der Waals surface area contributed by atoms with Crippen LogP contribution in [0.2, 0.25) is 0 Å². The quantitative estimate of drug-likeness (QED) is 0.754. The summed E-state index contributed by atoms with van der Waals surface area (Å²) in [5.74, 6) is -1.47. The van der Waals surface area contributed by atoms with E-state index in [4.69, 9.17) is 9.52 Å². The maximum atomic E-state index is 11.5. The highest BCUT2D eigenvalue weighted by molar-refractivity contribution is 6.01. The number of nitrogens with one attached hydrogen (secondary N) is 1. The molecule has 1 rings (SSSR count). The highest BCUT2D eigenvalue weighted by Gasteiger charge is 2.12. The predicted octanol–water partition coefficient (Wildman–Crippen LogP) is 1.32. The summed E-state index contributed by atoms with van der Waals surface area (Å²) in [5.41, 5.74) is 1.08. The largest absolute Gasteiger partial charge is 0.478 e. The van der Waals surface area contributed by atoms with Crippen LogP contribution in [0.5, 0.6) is 0 Å². The zero-order valence-electron chi connectivity index (χ0n) is 9.11. The fraction of sp³-hybridized carbons (Fsp3) is 0.273. The molecule has 1 heterocycles. The molecule has 0 aliphatic heterocycles. The normalized spacial score (nSPS) is 11.9. The molecular weight excluding hydrogens is 210 g/mol. The molecule has 0 bridgehead atoms. The summed E-state index contributed by atoms with van der Waals surface area (Å²) >= 11 is 0. The molecule has 1 aromatic heterocycles. The molecule has 0 atom stereocenters. The average Bonchev–Trinajstić information content (AvgIpc) is 2.76. The third-order valence-corrected chi connectivity index (χ3v) is 2.26. The second-order valence-electron chi connectivity index (χ2n) is 3.37. The SMILES string of the molecule is C/C(C(=O)O)=C(/C)C(=O)NCc1ccoc1. The Hall–Kier alpha value is -2.04. The summed E-state index contributed by atoms with van der Waals surface area (Å²) in [6, 6.07) is 1.73. The number of carbonyl (C=O) groups excluding carboxylic acids is 1. The standard InChI is InChI=1S/C11H13NO4/c1-7(8(2)11(14)15)10(13)12-5-9-3-4-16-6-9/h3-4,6H,5H2,1-2H3,(H,12,13)(H,14,15)/b8-7+. The van der Waals surface area contributed by atoms with Crippen LogP contribution in [0.3, 0.4) is 0 Å². The number of hydrogen-bond donors (Lipinski definition) is 2. The maximum absolute atomic E-state index is 11.5. The van der Waals surface area contributed by atoms with E-state index in [9.17, 15) is 9.59 Å². The van der Waals surface area contributed by atoms with Crippen molar-refractivity contribution in [2.24, 2.45) is 0 Å². The number of carboxylic acid groups (broad SMARTS) is 1. The summed E-state index contributed by atoms with van der Waals surface area (Å²) < 4.78 is 4.84. The first-order valence-corrected chi connectivity index (χ1v) is 4.72. The summed E-state index contributed by atoms with van der Waals surface area (Å²) in [4.78, 5) is 22.1. The van der Waals surface area contributed by atoms with Crippen LogP contribution in [-0.2, 0) is 16.1 Å². The molecule has 1 aromatic rings. The lowest BCUT2D eigenvalue weighted by molar-refractivity contribution is -0.133. The summed E-state index contributed by atoms with van der Waals surface area (Å²) in [5, 5.41) is 11.3. The first kappa shape index (κ1) is 12.0. The number of furan rings is 1. The second kappa shape index (κ2) is 5.16. The molecule has 0 unspecified atom stereocenters. The smallest absolute Gasteiger partial charge is 0.331 e. The number of rotatable bonds is 4. The number of carboxylic acids is 1. The van der Waals surface area contributed by atoms with Gasteiger partial charge < -0.3 is 14.8 Å². The number of aliphatic carboxylic acids is 1. The van der Waals surface area contributed by atoms with Crippen LogP contribution < -0.4 is 5.32 Å². The Morgan fingerprint density at radius 3 is 2.56 bits per heavy atom. The molecule has 16 heavy (non-hydrogen) atoms. The van der Waals surface area contributed by atoms with Gasteiger partial charge in [0.15, 0.2) is 0 Å². The Bertz CT molecular complexity index is 417. The first-order chi connectivity index (χ1) is 7.52. The van der Waals surface area contributed by atoms with Crippen LogP contribution in [0.15, 0.2) is 34.2 Å². The Balaban J connectivity index is 2.59. The van der Waals surface area contributed by atoms with Gasteiger partial charge in [0, 0.05) is 23.3 Å². The Labute approximate surface area is 92.8 Å². The fourth-order valence-corrected chi connectivity index (χ4v) is 1.04. The fourth-order valence-electron chi connectivity index (χ4n) is 1.04. The van der Waals surface area contributed by atoms with Crippen molar-refractivity contribution in [3.05, 3.63) is 35.3 Å². The molecule has 1 amide bonds. The van der Waals surface area contributed by atoms with Crippen LogP contribution in [0.4, 0.5) is 0 Å². The van der Waals surface area contributed by atoms with E-state index in [1.54, 1.807) is 6.07 Å². The lowest BCUT2D eigenvalue weighted by Gasteiger charge is -2.05. The third kappa shape index (κ3) is 2.98. The highest BCUT2D eigenvalue weighted by atomic mass is 16.4. The molecule has 5 heteroatoms. The zero-order valence-corrected chi connectivity index (χ0v) is 9.11. The van der Waals surface area contributed by atoms with Crippen molar-refractivity contribution in [1.82, 2.24) is 5.32 Å². The Morgan fingerprint density at radius 1 is 1.38 bits per heavy atom. The number of amides is 1. The molecule has 0 spiro atoms. The van der Waals surface area contributed by atoms with E-state index in [1.807, 2.05) is 0 Å². The average molecular weight is 223 g/mol. The Kier molecular flexibility index (Phi) is 3.88. The molecule has 0 aliphatic rings. The van der Waals surface area contributed by atoms with Crippen molar-refractivity contribution in [3.8, 4) is 0 Å². The number of hydrogen-bond acceptors (Lipinski definition) is 3. The summed E-state index contributed by atoms with van der Waals surface area (Å²) in [6.07, 6.45) is 3.02. The highest BCUT2D eigenvalue weighted by Crippen LogP contribution is 2.05. The van der Waals surface area contributed by atoms with Crippen LogP contribution in [0, 0.1) is 0 Å². The topological polar surface area (TPSA) is 79.5 Å². The van der Waals surface area contributed by atoms with E-state index in [1.165, 1.54) is 26.4 Å².